The molecule has 8 rings (SSSR count). The molecular formula is C34H39N7O. The molecule has 2 aromatic heterocycles. The van der Waals surface area contributed by atoms with Crippen molar-refractivity contribution >= 4 is 27.8 Å². The monoisotopic (exact) mass is 561 g/mol. The maximum atomic E-state index is 5.78. The van der Waals surface area contributed by atoms with E-state index in [0.717, 1.165) is 78.2 Å². The zero-order valence-electron chi connectivity index (χ0n) is 24.2. The molecule has 3 fully saturated rings. The highest BCUT2D eigenvalue weighted by molar-refractivity contribution is 5.78. The fourth-order valence-electron chi connectivity index (χ4n) is 7.38. The van der Waals surface area contributed by atoms with Gasteiger partial charge < -0.3 is 30.2 Å². The molecular weight excluding hydrogens is 522 g/mol. The standard InChI is InChI=1S/C34H39N7O/c1-2-42-24-11-9-23(10-12-24)41-31(21-7-13-25-29(19-21)39-33(37-25)27-5-3-17-35-27)15-16-32(41)22-8-14-26-30(20-22)40-34(38-26)28-6-4-18-36-28/h7-14,19-20,27-28,31-32,35-36H,2-6,15-18H2,1H3,(H,37,39)(H,38,40)/t27-,28-,31-,32+/m0/s1. The lowest BCUT2D eigenvalue weighted by Gasteiger charge is -2.33. The van der Waals surface area contributed by atoms with Gasteiger partial charge in [0.25, 0.3) is 0 Å². The Bertz CT molecular complexity index is 1590. The molecule has 3 aliphatic heterocycles. The first-order valence-corrected chi connectivity index (χ1v) is 15.7. The molecule has 8 heteroatoms. The molecule has 42 heavy (non-hydrogen) atoms. The third kappa shape index (κ3) is 4.63. The molecule has 0 unspecified atom stereocenters. The number of H-pyrrole nitrogens is 2. The van der Waals surface area contributed by atoms with E-state index in [1.54, 1.807) is 0 Å². The largest absolute Gasteiger partial charge is 0.494 e. The summed E-state index contributed by atoms with van der Waals surface area (Å²) in [5, 5.41) is 7.15. The third-order valence-electron chi connectivity index (χ3n) is 9.43. The average molecular weight is 562 g/mol. The Morgan fingerprint density at radius 1 is 0.714 bits per heavy atom. The number of ether oxygens (including phenoxy) is 1. The number of benzene rings is 3. The number of hydrogen-bond donors (Lipinski definition) is 4. The van der Waals surface area contributed by atoms with Crippen LogP contribution in [-0.4, -0.2) is 39.6 Å². The summed E-state index contributed by atoms with van der Waals surface area (Å²) in [6, 6.07) is 23.4. The molecule has 0 amide bonds. The lowest BCUT2D eigenvalue weighted by Crippen LogP contribution is -2.26. The first kappa shape index (κ1) is 25.8. The lowest BCUT2D eigenvalue weighted by molar-refractivity contribution is 0.340. The Morgan fingerprint density at radius 3 is 1.74 bits per heavy atom. The number of anilines is 1. The number of nitrogens with zero attached hydrogens (tertiary/aromatic N) is 3. The highest BCUT2D eigenvalue weighted by Gasteiger charge is 2.36. The number of aromatic amines is 2. The molecule has 0 spiro atoms. The smallest absolute Gasteiger partial charge is 0.124 e. The summed E-state index contributed by atoms with van der Waals surface area (Å²) < 4.78 is 5.78. The summed E-state index contributed by atoms with van der Waals surface area (Å²) in [7, 11) is 0. The van der Waals surface area contributed by atoms with Gasteiger partial charge in [0.2, 0.25) is 0 Å². The van der Waals surface area contributed by atoms with E-state index in [2.05, 4.69) is 86.2 Å². The first-order chi connectivity index (χ1) is 20.7. The zero-order chi connectivity index (χ0) is 28.0. The number of imidazole rings is 2. The van der Waals surface area contributed by atoms with Gasteiger partial charge in [-0.25, -0.2) is 9.97 Å². The summed E-state index contributed by atoms with van der Waals surface area (Å²) in [6.07, 6.45) is 6.84. The predicted molar refractivity (Wildman–Crippen MR) is 167 cm³/mol. The molecule has 4 atom stereocenters. The Labute approximate surface area is 246 Å². The summed E-state index contributed by atoms with van der Waals surface area (Å²) in [5.74, 6) is 3.03. The van der Waals surface area contributed by atoms with Crippen LogP contribution in [0, 0.1) is 0 Å². The molecule has 0 radical (unpaired) electrons. The quantitative estimate of drug-likeness (QED) is 0.175. The Kier molecular flexibility index (Phi) is 6.60. The number of aromatic nitrogens is 4. The second-order valence-electron chi connectivity index (χ2n) is 12.0. The van der Waals surface area contributed by atoms with Crippen LogP contribution in [-0.2, 0) is 0 Å². The van der Waals surface area contributed by atoms with Gasteiger partial charge in [0.15, 0.2) is 0 Å². The van der Waals surface area contributed by atoms with E-state index < -0.39 is 0 Å². The van der Waals surface area contributed by atoms with Crippen LogP contribution in [0.2, 0.25) is 0 Å². The fourth-order valence-corrected chi connectivity index (χ4v) is 7.38. The van der Waals surface area contributed by atoms with Gasteiger partial charge in [0.1, 0.15) is 17.4 Å². The van der Waals surface area contributed by atoms with E-state index in [0.29, 0.717) is 18.7 Å². The summed E-state index contributed by atoms with van der Waals surface area (Å²) >= 11 is 0. The molecule has 4 N–H and O–H groups in total. The van der Waals surface area contributed by atoms with Crippen LogP contribution in [0.4, 0.5) is 5.69 Å². The summed E-state index contributed by atoms with van der Waals surface area (Å²) in [4.78, 5) is 19.8. The second kappa shape index (κ2) is 10.7. The lowest BCUT2D eigenvalue weighted by atomic mass is 10.0. The van der Waals surface area contributed by atoms with Crippen LogP contribution in [0.15, 0.2) is 60.7 Å². The van der Waals surface area contributed by atoms with Gasteiger partial charge >= 0.3 is 0 Å². The van der Waals surface area contributed by atoms with E-state index in [4.69, 9.17) is 14.7 Å². The number of rotatable bonds is 7. The summed E-state index contributed by atoms with van der Waals surface area (Å²) in [5.41, 5.74) is 8.20. The average Bonchev–Trinajstić information content (AvgIpc) is 3.84. The zero-order valence-corrected chi connectivity index (χ0v) is 24.2. The van der Waals surface area contributed by atoms with E-state index in [1.165, 1.54) is 29.7 Å². The van der Waals surface area contributed by atoms with Crippen LogP contribution in [0.25, 0.3) is 22.1 Å². The highest BCUT2D eigenvalue weighted by Crippen LogP contribution is 2.48. The highest BCUT2D eigenvalue weighted by atomic mass is 16.5. The predicted octanol–water partition coefficient (Wildman–Crippen LogP) is 6.77. The van der Waals surface area contributed by atoms with E-state index in [1.807, 2.05) is 6.92 Å². The van der Waals surface area contributed by atoms with E-state index in [9.17, 15) is 0 Å². The van der Waals surface area contributed by atoms with Crippen molar-refractivity contribution in [2.24, 2.45) is 0 Å². The molecule has 5 heterocycles. The van der Waals surface area contributed by atoms with Crippen molar-refractivity contribution in [1.29, 1.82) is 0 Å². The van der Waals surface area contributed by atoms with Crippen molar-refractivity contribution < 1.29 is 4.74 Å². The van der Waals surface area contributed by atoms with Gasteiger partial charge in [-0.05, 0) is 118 Å². The van der Waals surface area contributed by atoms with Crippen molar-refractivity contribution in [3.05, 3.63) is 83.4 Å². The number of fused-ring (bicyclic) bond motifs is 2. The van der Waals surface area contributed by atoms with Crippen LogP contribution in [0.3, 0.4) is 0 Å². The van der Waals surface area contributed by atoms with Gasteiger partial charge in [-0.3, -0.25) is 0 Å². The van der Waals surface area contributed by atoms with Crippen LogP contribution in [0.1, 0.15) is 92.4 Å². The normalized spacial score (nSPS) is 24.4. The maximum absolute atomic E-state index is 5.78. The minimum Gasteiger partial charge on any atom is -0.494 e. The van der Waals surface area contributed by atoms with E-state index in [-0.39, 0.29) is 12.1 Å². The molecule has 0 saturated carbocycles. The van der Waals surface area contributed by atoms with Crippen molar-refractivity contribution in [1.82, 2.24) is 30.6 Å². The van der Waals surface area contributed by atoms with E-state index >= 15 is 0 Å². The van der Waals surface area contributed by atoms with Crippen molar-refractivity contribution in [3.63, 3.8) is 0 Å². The van der Waals surface area contributed by atoms with Gasteiger partial charge in [-0.2, -0.15) is 0 Å². The fraction of sp³-hybridized carbons (Fsp3) is 0.412. The van der Waals surface area contributed by atoms with Gasteiger partial charge in [0.05, 0.1) is 52.8 Å². The second-order valence-corrected chi connectivity index (χ2v) is 12.0. The topological polar surface area (TPSA) is 93.9 Å². The molecule has 5 aromatic rings. The van der Waals surface area contributed by atoms with Crippen LogP contribution in [0.5, 0.6) is 5.75 Å². The number of hydrogen-bond acceptors (Lipinski definition) is 6. The molecule has 3 saturated heterocycles. The van der Waals surface area contributed by atoms with Gasteiger partial charge in [-0.1, -0.05) is 12.1 Å². The van der Waals surface area contributed by atoms with Crippen molar-refractivity contribution in [3.8, 4) is 5.75 Å². The molecule has 3 aliphatic rings. The minimum atomic E-state index is 0.254. The molecule has 3 aromatic carbocycles. The SMILES string of the molecule is CCOc1ccc(N2[C@@H](c3ccc4nc([C@@H]5CCCN5)[nH]c4c3)CC[C@H]2c2ccc3nc([C@@H]4CCCN4)[nH]c3c2)cc1. The van der Waals surface area contributed by atoms with Crippen LogP contribution < -0.4 is 20.3 Å². The van der Waals surface area contributed by atoms with Crippen LogP contribution >= 0.6 is 0 Å². The Morgan fingerprint density at radius 2 is 1.26 bits per heavy atom. The molecule has 216 valence electrons. The van der Waals surface area contributed by atoms with Crippen molar-refractivity contribution in [2.75, 3.05) is 24.6 Å². The maximum Gasteiger partial charge on any atom is 0.124 e. The summed E-state index contributed by atoms with van der Waals surface area (Å²) in [6.45, 7) is 4.83. The first-order valence-electron chi connectivity index (χ1n) is 15.7. The van der Waals surface area contributed by atoms with Gasteiger partial charge in [0, 0.05) is 5.69 Å². The number of nitrogens with one attached hydrogen (secondary N) is 4. The molecule has 0 bridgehead atoms. The van der Waals surface area contributed by atoms with Gasteiger partial charge in [-0.15, -0.1) is 0 Å². The minimum absolute atomic E-state index is 0.254. The third-order valence-corrected chi connectivity index (χ3v) is 9.43. The van der Waals surface area contributed by atoms with Crippen molar-refractivity contribution in [2.45, 2.75) is 69.6 Å². The molecule has 0 aliphatic carbocycles. The Balaban J connectivity index is 1.15. The Hall–Kier alpha value is -3.88. The molecule has 8 nitrogen and oxygen atoms in total.